The van der Waals surface area contributed by atoms with E-state index in [-0.39, 0.29) is 12.0 Å². The average Bonchev–Trinajstić information content (AvgIpc) is 3.38. The van der Waals surface area contributed by atoms with Gasteiger partial charge >= 0.3 is 5.97 Å². The van der Waals surface area contributed by atoms with Gasteiger partial charge in [-0.1, -0.05) is 23.8 Å². The van der Waals surface area contributed by atoms with Crippen LogP contribution in [0.4, 0.5) is 5.13 Å². The van der Waals surface area contributed by atoms with Gasteiger partial charge in [0.2, 0.25) is 0 Å². The lowest BCUT2D eigenvalue weighted by atomic mass is 9.90. The van der Waals surface area contributed by atoms with Gasteiger partial charge in [0.1, 0.15) is 12.4 Å². The molecule has 0 bridgehead atoms. The Hall–Kier alpha value is -2.98. The third-order valence-electron chi connectivity index (χ3n) is 10.3. The fourth-order valence-corrected chi connectivity index (χ4v) is 8.60. The maximum Gasteiger partial charge on any atom is 0.312 e. The molecule has 1 aromatic heterocycles. The van der Waals surface area contributed by atoms with E-state index in [0.29, 0.717) is 25.8 Å². The maximum absolute atomic E-state index is 12.2. The van der Waals surface area contributed by atoms with Crippen molar-refractivity contribution in [2.45, 2.75) is 64.8 Å². The van der Waals surface area contributed by atoms with E-state index < -0.39 is 11.4 Å². The number of carboxylic acids is 1. The second-order valence-electron chi connectivity index (χ2n) is 12.7. The van der Waals surface area contributed by atoms with Gasteiger partial charge in [0.15, 0.2) is 5.13 Å². The summed E-state index contributed by atoms with van der Waals surface area (Å²) in [6.45, 7) is 9.79. The molecule has 3 atom stereocenters. The Morgan fingerprint density at radius 3 is 2.84 bits per heavy atom. The smallest absolute Gasteiger partial charge is 0.312 e. The quantitative estimate of drug-likeness (QED) is 0.345. The van der Waals surface area contributed by atoms with E-state index in [1.165, 1.54) is 22.3 Å². The summed E-state index contributed by atoms with van der Waals surface area (Å²) in [5.74, 6) is 0.243. The van der Waals surface area contributed by atoms with Crippen LogP contribution >= 0.6 is 11.3 Å². The number of methoxy groups -OCH3 is 1. The minimum absolute atomic E-state index is 0.153. The van der Waals surface area contributed by atoms with Crippen LogP contribution in [0, 0.1) is 25.2 Å². The average molecular weight is 604 g/mol. The van der Waals surface area contributed by atoms with E-state index >= 15 is 0 Å². The summed E-state index contributed by atoms with van der Waals surface area (Å²) in [6.07, 6.45) is 4.07. The van der Waals surface area contributed by atoms with Crippen molar-refractivity contribution in [2.75, 3.05) is 44.9 Å². The van der Waals surface area contributed by atoms with Crippen molar-refractivity contribution < 1.29 is 24.1 Å². The van der Waals surface area contributed by atoms with Crippen LogP contribution in [0.3, 0.4) is 0 Å². The first kappa shape index (κ1) is 28.8. The summed E-state index contributed by atoms with van der Waals surface area (Å²) < 4.78 is 17.6. The Morgan fingerprint density at radius 2 is 2.05 bits per heavy atom. The van der Waals surface area contributed by atoms with Gasteiger partial charge in [-0.25, -0.2) is 4.98 Å². The van der Waals surface area contributed by atoms with Crippen LogP contribution in [0.1, 0.15) is 47.1 Å². The van der Waals surface area contributed by atoms with Crippen molar-refractivity contribution in [1.82, 2.24) is 9.88 Å². The van der Waals surface area contributed by atoms with Crippen LogP contribution in [0.25, 0.3) is 11.3 Å². The number of fused-ring (bicyclic) bond motifs is 2. The standard InChI is InChI=1S/C34H41N3O5S/c1-21-4-7-30(42-18-24-6-5-23-16-36(11-8-27(23)22(24)2)26-9-12-41-13-10-26)28(14-21)29-20-43-33(35-29)37-17-25-15-34(25,32(38)39)31(37)19-40-3/h4-7,14,20,25-26,31H,8-13,15-19H2,1-3H3,(H,38,39)/t25-,31+,34+/m0/s1. The summed E-state index contributed by atoms with van der Waals surface area (Å²) in [4.78, 5) is 22.0. The van der Waals surface area contributed by atoms with Gasteiger partial charge in [-0.05, 0) is 79.8 Å². The highest BCUT2D eigenvalue weighted by Gasteiger charge is 2.71. The molecule has 2 saturated heterocycles. The third kappa shape index (κ3) is 5.14. The summed E-state index contributed by atoms with van der Waals surface area (Å²) in [6, 6.07) is 11.2. The molecule has 2 aromatic carbocycles. The lowest BCUT2D eigenvalue weighted by Crippen LogP contribution is -2.43. The number of nitrogens with zero attached hydrogens (tertiary/aromatic N) is 3. The highest BCUT2D eigenvalue weighted by molar-refractivity contribution is 7.14. The number of hydrogen-bond donors (Lipinski definition) is 1. The van der Waals surface area contributed by atoms with Gasteiger partial charge in [0.25, 0.3) is 0 Å². The van der Waals surface area contributed by atoms with E-state index in [2.05, 4.69) is 53.3 Å². The molecule has 3 aliphatic heterocycles. The van der Waals surface area contributed by atoms with Crippen molar-refractivity contribution in [1.29, 1.82) is 0 Å². The maximum atomic E-state index is 12.2. The lowest BCUT2D eigenvalue weighted by molar-refractivity contribution is -0.144. The molecule has 228 valence electrons. The normalized spacial score (nSPS) is 25.4. The van der Waals surface area contributed by atoms with Gasteiger partial charge in [0.05, 0.1) is 23.8 Å². The van der Waals surface area contributed by atoms with Gasteiger partial charge in [-0.3, -0.25) is 9.69 Å². The van der Waals surface area contributed by atoms with Crippen molar-refractivity contribution >= 4 is 22.4 Å². The van der Waals surface area contributed by atoms with Crippen LogP contribution in [-0.4, -0.2) is 73.1 Å². The number of ether oxygens (including phenoxy) is 3. The molecule has 8 nitrogen and oxygen atoms in total. The second kappa shape index (κ2) is 11.5. The topological polar surface area (TPSA) is 84.4 Å². The van der Waals surface area contributed by atoms with Crippen molar-refractivity contribution in [2.24, 2.45) is 11.3 Å². The number of aliphatic carboxylic acids is 1. The first-order valence-corrected chi connectivity index (χ1v) is 16.4. The van der Waals surface area contributed by atoms with Crippen LogP contribution < -0.4 is 9.64 Å². The Kier molecular flexibility index (Phi) is 7.70. The van der Waals surface area contributed by atoms with E-state index in [9.17, 15) is 9.90 Å². The zero-order chi connectivity index (χ0) is 29.7. The molecule has 0 spiro atoms. The monoisotopic (exact) mass is 603 g/mol. The lowest BCUT2D eigenvalue weighted by Gasteiger charge is -2.38. The van der Waals surface area contributed by atoms with Crippen LogP contribution in [0.15, 0.2) is 35.7 Å². The van der Waals surface area contributed by atoms with Crippen molar-refractivity contribution in [3.63, 3.8) is 0 Å². The molecule has 4 heterocycles. The number of aromatic nitrogens is 1. The SMILES string of the molecule is COC[C@H]1N(c2nc(-c3cc(C)ccc3OCc3ccc4c(c3C)CCN(C3CCOCC3)C4)cs2)C[C@@H]2C[C@@]21C(=O)O. The first-order valence-electron chi connectivity index (χ1n) is 15.5. The fraction of sp³-hybridized carbons (Fsp3) is 0.529. The number of carboxylic acid groups (broad SMARTS) is 1. The summed E-state index contributed by atoms with van der Waals surface area (Å²) in [7, 11) is 1.64. The third-order valence-corrected chi connectivity index (χ3v) is 11.2. The number of benzene rings is 2. The molecule has 1 N–H and O–H groups in total. The van der Waals surface area contributed by atoms with Crippen molar-refractivity contribution in [3.05, 3.63) is 63.5 Å². The summed E-state index contributed by atoms with van der Waals surface area (Å²) in [5, 5.41) is 12.9. The van der Waals surface area contributed by atoms with E-state index in [1.807, 2.05) is 6.07 Å². The van der Waals surface area contributed by atoms with Gasteiger partial charge in [-0.2, -0.15) is 0 Å². The summed E-state index contributed by atoms with van der Waals surface area (Å²) >= 11 is 1.56. The largest absolute Gasteiger partial charge is 0.488 e. The zero-order valence-electron chi connectivity index (χ0n) is 25.3. The molecule has 7 rings (SSSR count). The minimum Gasteiger partial charge on any atom is -0.488 e. The molecule has 0 amide bonds. The Morgan fingerprint density at radius 1 is 1.21 bits per heavy atom. The molecular formula is C34H41N3O5S. The number of aryl methyl sites for hydroxylation is 1. The second-order valence-corrected chi connectivity index (χ2v) is 13.6. The molecule has 9 heteroatoms. The van der Waals surface area contributed by atoms with Gasteiger partial charge in [0, 0.05) is 56.9 Å². The fourth-order valence-electron chi connectivity index (χ4n) is 7.71. The van der Waals surface area contributed by atoms with Crippen molar-refractivity contribution in [3.8, 4) is 17.0 Å². The van der Waals surface area contributed by atoms with Gasteiger partial charge < -0.3 is 24.2 Å². The number of piperidine rings is 1. The van der Waals surface area contributed by atoms with Crippen LogP contribution in [-0.2, 0) is 33.8 Å². The molecule has 0 unspecified atom stereocenters. The number of anilines is 1. The number of thiazole rings is 1. The van der Waals surface area contributed by atoms with E-state index in [0.717, 1.165) is 79.7 Å². The van der Waals surface area contributed by atoms with Crippen LogP contribution in [0.2, 0.25) is 0 Å². The first-order chi connectivity index (χ1) is 20.9. The Balaban J connectivity index is 1.08. The van der Waals surface area contributed by atoms with Crippen LogP contribution in [0.5, 0.6) is 5.75 Å². The Labute approximate surface area is 257 Å². The predicted octanol–water partition coefficient (Wildman–Crippen LogP) is 5.47. The highest BCUT2D eigenvalue weighted by atomic mass is 32.1. The molecular weight excluding hydrogens is 562 g/mol. The predicted molar refractivity (Wildman–Crippen MR) is 167 cm³/mol. The molecule has 3 fully saturated rings. The van der Waals surface area contributed by atoms with E-state index in [1.54, 1.807) is 18.4 Å². The summed E-state index contributed by atoms with van der Waals surface area (Å²) in [5.41, 5.74) is 7.74. The number of rotatable bonds is 9. The minimum atomic E-state index is -0.720. The molecule has 3 aromatic rings. The molecule has 0 radical (unpaired) electrons. The van der Waals surface area contributed by atoms with Gasteiger partial charge in [-0.15, -0.1) is 11.3 Å². The molecule has 43 heavy (non-hydrogen) atoms. The number of carbonyl (C=O) groups is 1. The number of hydrogen-bond acceptors (Lipinski definition) is 8. The highest BCUT2D eigenvalue weighted by Crippen LogP contribution is 2.62. The molecule has 1 saturated carbocycles. The van der Waals surface area contributed by atoms with E-state index in [4.69, 9.17) is 19.2 Å². The molecule has 4 aliphatic rings. The zero-order valence-corrected chi connectivity index (χ0v) is 26.1. The Bertz CT molecular complexity index is 1520. The molecule has 1 aliphatic carbocycles.